The molecule has 170 valence electrons. The zero-order valence-electron chi connectivity index (χ0n) is 18.3. The molecule has 2 aromatic carbocycles. The van der Waals surface area contributed by atoms with E-state index in [0.717, 1.165) is 28.9 Å². The molecule has 5 rings (SSSR count). The minimum Gasteiger partial charge on any atom is -0.389 e. The summed E-state index contributed by atoms with van der Waals surface area (Å²) in [5.74, 6) is -0.784. The summed E-state index contributed by atoms with van der Waals surface area (Å²) in [6.07, 6.45) is 7.02. The van der Waals surface area contributed by atoms with Crippen LogP contribution in [-0.4, -0.2) is 26.4 Å². The third-order valence-corrected chi connectivity index (χ3v) is 7.73. The molecule has 3 aromatic rings. The second-order valence-corrected chi connectivity index (χ2v) is 9.76. The van der Waals surface area contributed by atoms with E-state index in [0.29, 0.717) is 36.3 Å². The predicted octanol–water partition coefficient (Wildman–Crippen LogP) is 4.87. The van der Waals surface area contributed by atoms with Crippen molar-refractivity contribution in [3.63, 3.8) is 0 Å². The van der Waals surface area contributed by atoms with Gasteiger partial charge >= 0.3 is 0 Å². The third-order valence-electron chi connectivity index (χ3n) is 7.50. The molecule has 7 heteroatoms. The number of primary amides is 1. The zero-order chi connectivity index (χ0) is 23.4. The Balaban J connectivity index is 1.44. The summed E-state index contributed by atoms with van der Waals surface area (Å²) in [5.41, 5.74) is 9.36. The molecule has 0 saturated heterocycles. The highest BCUT2D eigenvalue weighted by atomic mass is 35.5. The highest BCUT2D eigenvalue weighted by molar-refractivity contribution is 6.30. The smallest absolute Gasteiger partial charge is 0.248 e. The van der Waals surface area contributed by atoms with Crippen LogP contribution in [0.5, 0.6) is 0 Å². The average molecular weight is 466 g/mol. The van der Waals surface area contributed by atoms with Gasteiger partial charge in [0.05, 0.1) is 23.2 Å². The predicted molar refractivity (Wildman–Crippen MR) is 126 cm³/mol. The number of fused-ring (bicyclic) bond motifs is 2. The van der Waals surface area contributed by atoms with Crippen LogP contribution >= 0.6 is 11.6 Å². The largest absolute Gasteiger partial charge is 0.389 e. The molecule has 1 heterocycles. The van der Waals surface area contributed by atoms with Gasteiger partial charge in [0.1, 0.15) is 5.82 Å². The van der Waals surface area contributed by atoms with Gasteiger partial charge in [-0.25, -0.2) is 9.07 Å². The van der Waals surface area contributed by atoms with Crippen LogP contribution in [0.1, 0.15) is 53.4 Å². The van der Waals surface area contributed by atoms with Gasteiger partial charge in [0.25, 0.3) is 0 Å². The first-order chi connectivity index (χ1) is 15.7. The van der Waals surface area contributed by atoms with E-state index in [1.807, 2.05) is 10.9 Å². The Morgan fingerprint density at radius 3 is 2.76 bits per heavy atom. The van der Waals surface area contributed by atoms with Crippen molar-refractivity contribution in [3.05, 3.63) is 87.5 Å². The van der Waals surface area contributed by atoms with E-state index in [-0.39, 0.29) is 5.82 Å². The SMILES string of the molecule is C[C@]12Cc3cnn(-c4ccc(F)cc4)c3C=C1CC[C@@]2(O)CCc1cc(Cl)ccc1C(N)=O. The van der Waals surface area contributed by atoms with E-state index in [4.69, 9.17) is 17.3 Å². The van der Waals surface area contributed by atoms with Crippen LogP contribution in [-0.2, 0) is 12.8 Å². The van der Waals surface area contributed by atoms with Crippen molar-refractivity contribution < 1.29 is 14.3 Å². The van der Waals surface area contributed by atoms with Crippen molar-refractivity contribution in [1.82, 2.24) is 9.78 Å². The zero-order valence-corrected chi connectivity index (χ0v) is 19.1. The molecule has 0 bridgehead atoms. The molecule has 0 aliphatic heterocycles. The first-order valence-corrected chi connectivity index (χ1v) is 11.4. The number of carbonyl (C=O) groups is 1. The van der Waals surface area contributed by atoms with E-state index >= 15 is 0 Å². The molecular formula is C26H25ClFN3O2. The summed E-state index contributed by atoms with van der Waals surface area (Å²) < 4.78 is 15.2. The molecule has 2 atom stereocenters. The van der Waals surface area contributed by atoms with Gasteiger partial charge in [-0.2, -0.15) is 5.10 Å². The highest BCUT2D eigenvalue weighted by Crippen LogP contribution is 2.56. The van der Waals surface area contributed by atoms with Crippen LogP contribution in [0.2, 0.25) is 5.02 Å². The fourth-order valence-electron chi connectivity index (χ4n) is 5.47. The van der Waals surface area contributed by atoms with Gasteiger partial charge in [0, 0.05) is 16.0 Å². The Morgan fingerprint density at radius 1 is 1.27 bits per heavy atom. The topological polar surface area (TPSA) is 81.1 Å². The summed E-state index contributed by atoms with van der Waals surface area (Å²) in [7, 11) is 0. The Bertz CT molecular complexity index is 1280. The number of hydrogen-bond acceptors (Lipinski definition) is 3. The van der Waals surface area contributed by atoms with E-state index in [1.165, 1.54) is 17.7 Å². The lowest BCUT2D eigenvalue weighted by Crippen LogP contribution is -2.45. The maximum Gasteiger partial charge on any atom is 0.248 e. The number of amides is 1. The van der Waals surface area contributed by atoms with Crippen LogP contribution in [0.3, 0.4) is 0 Å². The highest BCUT2D eigenvalue weighted by Gasteiger charge is 2.54. The normalized spacial score (nSPS) is 23.7. The van der Waals surface area contributed by atoms with Crippen molar-refractivity contribution in [1.29, 1.82) is 0 Å². The first-order valence-electron chi connectivity index (χ1n) is 11.0. The fourth-order valence-corrected chi connectivity index (χ4v) is 5.66. The number of carbonyl (C=O) groups excluding carboxylic acids is 1. The number of hydrogen-bond donors (Lipinski definition) is 2. The van der Waals surface area contributed by atoms with Gasteiger partial charge < -0.3 is 10.8 Å². The lowest BCUT2D eigenvalue weighted by Gasteiger charge is -2.42. The van der Waals surface area contributed by atoms with Crippen molar-refractivity contribution in [2.24, 2.45) is 11.1 Å². The maximum absolute atomic E-state index is 13.4. The number of nitrogens with two attached hydrogens (primary N) is 1. The summed E-state index contributed by atoms with van der Waals surface area (Å²) in [5, 5.41) is 16.9. The van der Waals surface area contributed by atoms with E-state index in [2.05, 4.69) is 18.1 Å². The molecular weight excluding hydrogens is 441 g/mol. The van der Waals surface area contributed by atoms with Crippen molar-refractivity contribution >= 4 is 23.6 Å². The molecule has 0 unspecified atom stereocenters. The number of halogens is 2. The molecule has 2 aliphatic carbocycles. The number of aryl methyl sites for hydroxylation is 1. The molecule has 0 spiro atoms. The van der Waals surface area contributed by atoms with E-state index in [1.54, 1.807) is 30.3 Å². The monoisotopic (exact) mass is 465 g/mol. The van der Waals surface area contributed by atoms with Gasteiger partial charge in [-0.1, -0.05) is 24.1 Å². The Morgan fingerprint density at radius 2 is 2.03 bits per heavy atom. The molecule has 2 aliphatic rings. The van der Waals surface area contributed by atoms with Gasteiger partial charge in [0.15, 0.2) is 0 Å². The minimum atomic E-state index is -0.939. The number of benzene rings is 2. The van der Waals surface area contributed by atoms with Crippen molar-refractivity contribution in [2.45, 2.75) is 44.6 Å². The van der Waals surface area contributed by atoms with Crippen LogP contribution in [0, 0.1) is 11.2 Å². The second-order valence-electron chi connectivity index (χ2n) is 9.32. The Kier molecular flexibility index (Phi) is 5.18. The molecule has 3 N–H and O–H groups in total. The van der Waals surface area contributed by atoms with Gasteiger partial charge in [-0.05, 0) is 91.8 Å². The van der Waals surface area contributed by atoms with E-state index < -0.39 is 16.9 Å². The Labute approximate surface area is 196 Å². The quantitative estimate of drug-likeness (QED) is 0.564. The van der Waals surface area contributed by atoms with Crippen molar-refractivity contribution in [3.8, 4) is 5.69 Å². The lowest BCUT2D eigenvalue weighted by atomic mass is 9.65. The van der Waals surface area contributed by atoms with Crippen LogP contribution in [0.25, 0.3) is 11.8 Å². The van der Waals surface area contributed by atoms with E-state index in [9.17, 15) is 14.3 Å². The van der Waals surface area contributed by atoms with Gasteiger partial charge in [-0.3, -0.25) is 4.79 Å². The number of rotatable bonds is 5. The summed E-state index contributed by atoms with van der Waals surface area (Å²) >= 11 is 6.15. The third kappa shape index (κ3) is 3.58. The summed E-state index contributed by atoms with van der Waals surface area (Å²) in [4.78, 5) is 11.9. The van der Waals surface area contributed by atoms with Crippen LogP contribution in [0.15, 0.2) is 54.2 Å². The minimum absolute atomic E-state index is 0.286. The summed E-state index contributed by atoms with van der Waals surface area (Å²) in [6.45, 7) is 2.11. The Hall–Kier alpha value is -2.96. The molecule has 33 heavy (non-hydrogen) atoms. The van der Waals surface area contributed by atoms with Crippen LogP contribution < -0.4 is 5.73 Å². The molecule has 0 radical (unpaired) electrons. The second kappa shape index (κ2) is 7.82. The standard InChI is InChI=1S/C26H25ClFN3O2/c1-25-14-17-15-30-31(21-5-3-20(28)4-6-21)23(17)13-18(25)9-11-26(25,33)10-8-16-12-19(27)2-7-22(16)24(29)32/h2-7,12-13,15,33H,8-11,14H2,1H3,(H2,29,32)/t25-,26-/m0/s1. The molecule has 1 fully saturated rings. The first kappa shape index (κ1) is 21.9. The molecule has 1 aromatic heterocycles. The maximum atomic E-state index is 13.4. The van der Waals surface area contributed by atoms with Crippen molar-refractivity contribution in [2.75, 3.05) is 0 Å². The number of nitrogens with zero attached hydrogens (tertiary/aromatic N) is 2. The summed E-state index contributed by atoms with van der Waals surface area (Å²) in [6, 6.07) is 11.3. The lowest BCUT2D eigenvalue weighted by molar-refractivity contribution is -0.0461. The number of aliphatic hydroxyl groups is 1. The van der Waals surface area contributed by atoms with Gasteiger partial charge in [0.2, 0.25) is 5.91 Å². The van der Waals surface area contributed by atoms with Gasteiger partial charge in [-0.15, -0.1) is 0 Å². The molecule has 1 amide bonds. The molecule has 5 nitrogen and oxygen atoms in total. The fraction of sp³-hybridized carbons (Fsp3) is 0.308. The average Bonchev–Trinajstić information content (AvgIpc) is 3.29. The number of aromatic nitrogens is 2. The van der Waals surface area contributed by atoms with Crippen LogP contribution in [0.4, 0.5) is 4.39 Å². The molecule has 1 saturated carbocycles.